The van der Waals surface area contributed by atoms with Crippen LogP contribution in [0.15, 0.2) is 84.9 Å². The fourth-order valence-corrected chi connectivity index (χ4v) is 5.58. The van der Waals surface area contributed by atoms with Crippen molar-refractivity contribution < 1.29 is 0 Å². The van der Waals surface area contributed by atoms with Crippen molar-refractivity contribution >= 4 is 43.4 Å². The molecule has 8 bridgehead atoms. The van der Waals surface area contributed by atoms with Gasteiger partial charge < -0.3 is 0 Å². The van der Waals surface area contributed by atoms with Gasteiger partial charge in [-0.15, -0.1) is 0 Å². The molecule has 6 aromatic rings. The van der Waals surface area contributed by atoms with E-state index >= 15 is 0 Å². The lowest BCUT2D eigenvalue weighted by molar-refractivity contribution is 0.601. The molecular weight excluding hydrogens is 412 g/mol. The Hall–Kier alpha value is -3.78. The molecule has 0 fully saturated rings. The Morgan fingerprint density at radius 1 is 0.441 bits per heavy atom. The Labute approximate surface area is 199 Å². The summed E-state index contributed by atoms with van der Waals surface area (Å²) >= 11 is 0. The molecule has 2 heteroatoms. The van der Waals surface area contributed by atoms with Gasteiger partial charge in [-0.05, 0) is 60.0 Å². The minimum atomic E-state index is -0.328. The maximum Gasteiger partial charge on any atom is 0.0784 e. The van der Waals surface area contributed by atoms with Crippen LogP contribution in [0, 0.1) is 0 Å². The van der Waals surface area contributed by atoms with Crippen molar-refractivity contribution in [3.8, 4) is 0 Å². The predicted octanol–water partition coefficient (Wildman–Crippen LogP) is 8.05. The van der Waals surface area contributed by atoms with Crippen molar-refractivity contribution in [2.24, 2.45) is 0 Å². The molecule has 0 radical (unpaired) electrons. The molecule has 1 aliphatic heterocycles. The van der Waals surface area contributed by atoms with Crippen LogP contribution in [-0.2, 0) is 10.8 Å². The minimum absolute atomic E-state index is 0.161. The fraction of sp³-hybridized carbons (Fsp3) is 0.188. The van der Waals surface area contributed by atoms with Crippen LogP contribution in [0.4, 0.5) is 0 Å². The number of rotatable bonds is 0. The molecule has 164 valence electrons. The van der Waals surface area contributed by atoms with E-state index in [1.165, 1.54) is 43.4 Å². The quantitative estimate of drug-likeness (QED) is 0.224. The van der Waals surface area contributed by atoms with Crippen LogP contribution < -0.4 is 0 Å². The molecule has 3 heterocycles. The minimum Gasteiger partial charge on any atom is -0.251 e. The molecule has 0 saturated carbocycles. The van der Waals surface area contributed by atoms with Gasteiger partial charge in [0, 0.05) is 32.4 Å². The summed E-state index contributed by atoms with van der Waals surface area (Å²) in [7, 11) is 0. The summed E-state index contributed by atoms with van der Waals surface area (Å²) < 4.78 is 0. The summed E-state index contributed by atoms with van der Waals surface area (Å²) in [5, 5.41) is 7.21. The first-order chi connectivity index (χ1) is 16.3. The number of hydrogen-bond donors (Lipinski definition) is 0. The monoisotopic (exact) mass is 438 g/mol. The molecule has 1 aliphatic rings. The molecule has 0 saturated heterocycles. The second-order valence-corrected chi connectivity index (χ2v) is 10.8. The summed E-state index contributed by atoms with van der Waals surface area (Å²) in [4.78, 5) is 10.6. The molecule has 0 amide bonds. The van der Waals surface area contributed by atoms with Crippen LogP contribution >= 0.6 is 0 Å². The molecule has 0 N–H and O–H groups in total. The summed E-state index contributed by atoms with van der Waals surface area (Å²) in [6.45, 7) is 9.10. The highest BCUT2D eigenvalue weighted by atomic mass is 14.8. The van der Waals surface area contributed by atoms with E-state index in [1.54, 1.807) is 0 Å². The topological polar surface area (TPSA) is 25.8 Å². The van der Waals surface area contributed by atoms with Gasteiger partial charge in [0.2, 0.25) is 0 Å². The van der Waals surface area contributed by atoms with E-state index in [9.17, 15) is 0 Å². The van der Waals surface area contributed by atoms with Crippen LogP contribution in [0.5, 0.6) is 0 Å². The van der Waals surface area contributed by atoms with Crippen molar-refractivity contribution in [3.05, 3.63) is 107 Å². The van der Waals surface area contributed by atoms with Crippen LogP contribution in [-0.4, -0.2) is 9.97 Å². The van der Waals surface area contributed by atoms with E-state index in [1.807, 2.05) is 0 Å². The van der Waals surface area contributed by atoms with Gasteiger partial charge in [-0.25, -0.2) is 0 Å². The van der Waals surface area contributed by atoms with Gasteiger partial charge in [-0.2, -0.15) is 0 Å². The van der Waals surface area contributed by atoms with E-state index in [-0.39, 0.29) is 10.8 Å². The Bertz CT molecular complexity index is 1540. The summed E-state index contributed by atoms with van der Waals surface area (Å²) in [5.74, 6) is 0. The molecule has 0 aliphatic carbocycles. The molecule has 2 aromatic heterocycles. The van der Waals surface area contributed by atoms with Gasteiger partial charge in [0.1, 0.15) is 0 Å². The van der Waals surface area contributed by atoms with Crippen molar-refractivity contribution in [1.29, 1.82) is 0 Å². The third-order valence-electron chi connectivity index (χ3n) is 8.08. The van der Waals surface area contributed by atoms with Crippen molar-refractivity contribution in [2.45, 2.75) is 38.5 Å². The first kappa shape index (κ1) is 19.7. The number of benzene rings is 4. The zero-order valence-corrected chi connectivity index (χ0v) is 20.0. The zero-order chi connectivity index (χ0) is 23.2. The van der Waals surface area contributed by atoms with E-state index < -0.39 is 0 Å². The average molecular weight is 439 g/mol. The molecule has 0 atom stereocenters. The van der Waals surface area contributed by atoms with E-state index in [0.29, 0.717) is 0 Å². The number of aromatic nitrogens is 2. The van der Waals surface area contributed by atoms with Gasteiger partial charge in [0.15, 0.2) is 0 Å². The average Bonchev–Trinajstić information content (AvgIpc) is 2.86. The molecule has 2 nitrogen and oxygen atoms in total. The summed E-state index contributed by atoms with van der Waals surface area (Å²) in [6.07, 6.45) is 0. The lowest BCUT2D eigenvalue weighted by Crippen LogP contribution is -2.22. The lowest BCUT2D eigenvalue weighted by Gasteiger charge is -2.28. The van der Waals surface area contributed by atoms with Gasteiger partial charge in [0.25, 0.3) is 0 Å². The molecule has 34 heavy (non-hydrogen) atoms. The molecule has 7 rings (SSSR count). The molecule has 4 aromatic carbocycles. The normalized spacial score (nSPS) is 16.1. The fourth-order valence-electron chi connectivity index (χ4n) is 5.58. The smallest absolute Gasteiger partial charge is 0.0784 e. The van der Waals surface area contributed by atoms with Gasteiger partial charge in [0.05, 0.1) is 22.4 Å². The highest BCUT2D eigenvalue weighted by Gasteiger charge is 2.29. The summed E-state index contributed by atoms with van der Waals surface area (Å²) in [5.41, 5.74) is 6.32. The molecule has 0 spiro atoms. The van der Waals surface area contributed by atoms with Crippen LogP contribution in [0.25, 0.3) is 43.4 Å². The number of fused-ring (bicyclic) bond motifs is 4. The number of nitrogens with zero attached hydrogens (tertiary/aromatic N) is 2. The third-order valence-corrected chi connectivity index (χ3v) is 8.08. The van der Waals surface area contributed by atoms with E-state index in [4.69, 9.17) is 9.97 Å². The first-order valence-electron chi connectivity index (χ1n) is 12.0. The Balaban J connectivity index is 1.70. The van der Waals surface area contributed by atoms with Crippen LogP contribution in [0.1, 0.15) is 50.2 Å². The SMILES string of the molecule is CC1(C)c2ccc3ccc4ccc(nc4c3c2)C(C)(C)c2ccc3ccc4ccc1cc4c3n2. The second-order valence-electron chi connectivity index (χ2n) is 10.8. The van der Waals surface area contributed by atoms with Gasteiger partial charge in [-0.3, -0.25) is 9.97 Å². The highest BCUT2D eigenvalue weighted by Crippen LogP contribution is 2.39. The van der Waals surface area contributed by atoms with Crippen LogP contribution in [0.2, 0.25) is 0 Å². The number of hydrogen-bond acceptors (Lipinski definition) is 2. The lowest BCUT2D eigenvalue weighted by atomic mass is 9.76. The third kappa shape index (κ3) is 2.57. The van der Waals surface area contributed by atoms with E-state index in [0.717, 1.165) is 22.4 Å². The predicted molar refractivity (Wildman–Crippen MR) is 143 cm³/mol. The second kappa shape index (κ2) is 6.42. The van der Waals surface area contributed by atoms with Gasteiger partial charge in [-0.1, -0.05) is 74.5 Å². The van der Waals surface area contributed by atoms with Crippen molar-refractivity contribution in [2.75, 3.05) is 0 Å². The first-order valence-corrected chi connectivity index (χ1v) is 12.0. The molecular formula is C32H26N2. The van der Waals surface area contributed by atoms with Gasteiger partial charge >= 0.3 is 0 Å². The van der Waals surface area contributed by atoms with Crippen molar-refractivity contribution in [1.82, 2.24) is 9.97 Å². The zero-order valence-electron chi connectivity index (χ0n) is 20.0. The Kier molecular flexibility index (Phi) is 3.71. The summed E-state index contributed by atoms with van der Waals surface area (Å²) in [6, 6.07) is 31.3. The van der Waals surface area contributed by atoms with Crippen LogP contribution in [0.3, 0.4) is 0 Å². The Morgan fingerprint density at radius 2 is 0.824 bits per heavy atom. The maximum atomic E-state index is 5.28. The molecule has 0 unspecified atom stereocenters. The standard InChI is InChI=1S/C32H26N2/c1-31(2)23-13-9-19-5-7-21-11-15-27(33-29(21)25(19)17-23)32(3,4)28-16-12-22-8-6-20-10-14-24(31)18-26(20)30(22)34-28/h5-18H,1-4H3. The number of pyridine rings is 2. The highest BCUT2D eigenvalue weighted by molar-refractivity contribution is 6.07. The maximum absolute atomic E-state index is 5.28. The van der Waals surface area contributed by atoms with Crippen molar-refractivity contribution in [3.63, 3.8) is 0 Å². The van der Waals surface area contributed by atoms with E-state index in [2.05, 4.69) is 113 Å². The Morgan fingerprint density at radius 3 is 1.29 bits per heavy atom. The largest absolute Gasteiger partial charge is 0.251 e.